The van der Waals surface area contributed by atoms with Crippen LogP contribution in [0.1, 0.15) is 61.1 Å². The van der Waals surface area contributed by atoms with E-state index in [1.54, 1.807) is 12.1 Å². The van der Waals surface area contributed by atoms with Crippen LogP contribution in [0.4, 0.5) is 0 Å². The first-order valence-corrected chi connectivity index (χ1v) is 9.95. The van der Waals surface area contributed by atoms with Gasteiger partial charge < -0.3 is 14.7 Å². The standard InChI is InChI=1S/C22H29N3O3/c1-15-6-5-7-17(26)18(15)20(27)24-14-22(8-10-28-11-9-22)19(24)16-12-23-25(13-16)21(2,3)4/h5-7,12-13,19,26H,8-11,14H2,1-4H3. The highest BCUT2D eigenvalue weighted by Crippen LogP contribution is 2.55. The van der Waals surface area contributed by atoms with Crippen molar-refractivity contribution in [3.8, 4) is 5.75 Å². The highest BCUT2D eigenvalue weighted by molar-refractivity contribution is 5.99. The van der Waals surface area contributed by atoms with E-state index in [4.69, 9.17) is 4.74 Å². The number of phenols is 1. The zero-order chi connectivity index (χ0) is 20.1. The molecule has 0 bridgehead atoms. The second-order valence-corrected chi connectivity index (χ2v) is 9.17. The fraction of sp³-hybridized carbons (Fsp3) is 0.545. The molecule has 1 aromatic carbocycles. The number of phenolic OH excluding ortho intramolecular Hbond substituents is 1. The van der Waals surface area contributed by atoms with Crippen LogP contribution >= 0.6 is 0 Å². The largest absolute Gasteiger partial charge is 0.507 e. The summed E-state index contributed by atoms with van der Waals surface area (Å²) in [6.45, 7) is 10.3. The number of amides is 1. The molecule has 1 atom stereocenters. The molecule has 0 saturated carbocycles. The van der Waals surface area contributed by atoms with Gasteiger partial charge in [-0.15, -0.1) is 0 Å². The van der Waals surface area contributed by atoms with Crippen molar-refractivity contribution >= 4 is 5.91 Å². The van der Waals surface area contributed by atoms with Gasteiger partial charge in [0.15, 0.2) is 0 Å². The van der Waals surface area contributed by atoms with Gasteiger partial charge in [0.25, 0.3) is 5.91 Å². The van der Waals surface area contributed by atoms with E-state index in [2.05, 4.69) is 32.1 Å². The van der Waals surface area contributed by atoms with Crippen molar-refractivity contribution in [1.82, 2.24) is 14.7 Å². The van der Waals surface area contributed by atoms with Gasteiger partial charge in [-0.2, -0.15) is 5.10 Å². The molecule has 1 aromatic heterocycles. The lowest BCUT2D eigenvalue weighted by Crippen LogP contribution is -2.62. The molecule has 0 aliphatic carbocycles. The molecule has 1 N–H and O–H groups in total. The summed E-state index contributed by atoms with van der Waals surface area (Å²) in [6, 6.07) is 5.17. The zero-order valence-electron chi connectivity index (χ0n) is 17.1. The Balaban J connectivity index is 1.71. The molecular weight excluding hydrogens is 354 g/mol. The quantitative estimate of drug-likeness (QED) is 0.860. The molecule has 28 heavy (non-hydrogen) atoms. The normalized spacial score (nSPS) is 21.6. The van der Waals surface area contributed by atoms with Gasteiger partial charge in [0, 0.05) is 36.9 Å². The van der Waals surface area contributed by atoms with Crippen LogP contribution in [0, 0.1) is 12.3 Å². The Morgan fingerprint density at radius 1 is 1.29 bits per heavy atom. The van der Waals surface area contributed by atoms with Gasteiger partial charge in [0.2, 0.25) is 0 Å². The van der Waals surface area contributed by atoms with Crippen molar-refractivity contribution in [2.75, 3.05) is 19.8 Å². The molecule has 0 radical (unpaired) electrons. The van der Waals surface area contributed by atoms with Crippen LogP contribution in [-0.4, -0.2) is 45.5 Å². The number of carbonyl (C=O) groups is 1. The number of aromatic nitrogens is 2. The average Bonchev–Trinajstić information content (AvgIpc) is 3.10. The van der Waals surface area contributed by atoms with E-state index in [0.717, 1.165) is 37.2 Å². The van der Waals surface area contributed by atoms with E-state index in [0.29, 0.717) is 12.1 Å². The summed E-state index contributed by atoms with van der Waals surface area (Å²) in [6.07, 6.45) is 5.83. The molecule has 3 heterocycles. The van der Waals surface area contributed by atoms with Crippen molar-refractivity contribution in [2.45, 2.75) is 52.1 Å². The topological polar surface area (TPSA) is 67.6 Å². The van der Waals surface area contributed by atoms with Gasteiger partial charge >= 0.3 is 0 Å². The van der Waals surface area contributed by atoms with E-state index in [1.807, 2.05) is 28.8 Å². The van der Waals surface area contributed by atoms with E-state index in [-0.39, 0.29) is 28.7 Å². The maximum absolute atomic E-state index is 13.4. The number of benzene rings is 1. The van der Waals surface area contributed by atoms with Crippen molar-refractivity contribution < 1.29 is 14.6 Å². The molecular formula is C22H29N3O3. The number of ether oxygens (including phenoxy) is 1. The number of likely N-dealkylation sites (tertiary alicyclic amines) is 1. The lowest BCUT2D eigenvalue weighted by Gasteiger charge is -2.59. The molecule has 2 fully saturated rings. The van der Waals surface area contributed by atoms with E-state index in [1.165, 1.54) is 0 Å². The second kappa shape index (κ2) is 6.62. The van der Waals surface area contributed by atoms with Gasteiger partial charge in [-0.1, -0.05) is 12.1 Å². The molecule has 1 unspecified atom stereocenters. The number of nitrogens with zero attached hydrogens (tertiary/aromatic N) is 3. The number of aromatic hydroxyl groups is 1. The maximum atomic E-state index is 13.4. The first-order chi connectivity index (χ1) is 13.2. The Morgan fingerprint density at radius 2 is 2.00 bits per heavy atom. The minimum absolute atomic E-state index is 0.0258. The van der Waals surface area contributed by atoms with Crippen molar-refractivity contribution in [1.29, 1.82) is 0 Å². The third-order valence-electron chi connectivity index (χ3n) is 6.20. The van der Waals surface area contributed by atoms with Gasteiger partial charge in [-0.25, -0.2) is 0 Å². The lowest BCUT2D eigenvalue weighted by molar-refractivity contribution is -0.115. The molecule has 6 heteroatoms. The molecule has 4 rings (SSSR count). The van der Waals surface area contributed by atoms with Crippen LogP contribution in [0.3, 0.4) is 0 Å². The summed E-state index contributed by atoms with van der Waals surface area (Å²) < 4.78 is 7.56. The SMILES string of the molecule is Cc1cccc(O)c1C(=O)N1CC2(CCOCC2)C1c1cnn(C(C)(C)C)c1. The van der Waals surface area contributed by atoms with Gasteiger partial charge in [-0.3, -0.25) is 9.48 Å². The molecule has 1 amide bonds. The molecule has 2 aliphatic rings. The Labute approximate surface area is 166 Å². The second-order valence-electron chi connectivity index (χ2n) is 9.17. The summed E-state index contributed by atoms with van der Waals surface area (Å²) in [5.41, 5.74) is 2.16. The predicted octanol–water partition coefficient (Wildman–Crippen LogP) is 3.65. The molecule has 2 aromatic rings. The summed E-state index contributed by atoms with van der Waals surface area (Å²) in [4.78, 5) is 15.3. The third-order valence-corrected chi connectivity index (χ3v) is 6.20. The smallest absolute Gasteiger partial charge is 0.258 e. The highest BCUT2D eigenvalue weighted by atomic mass is 16.5. The first kappa shape index (κ1) is 19.0. The molecule has 6 nitrogen and oxygen atoms in total. The van der Waals surface area contributed by atoms with Crippen LogP contribution in [0.15, 0.2) is 30.6 Å². The lowest BCUT2D eigenvalue weighted by atomic mass is 9.64. The summed E-state index contributed by atoms with van der Waals surface area (Å²) in [5.74, 6) is -0.0664. The van der Waals surface area contributed by atoms with Crippen LogP contribution in [-0.2, 0) is 10.3 Å². The Hall–Kier alpha value is -2.34. The molecule has 150 valence electrons. The van der Waals surface area contributed by atoms with Crippen molar-refractivity contribution in [2.24, 2.45) is 5.41 Å². The number of rotatable bonds is 2. The number of carbonyl (C=O) groups excluding carboxylic acids is 1. The average molecular weight is 383 g/mol. The van der Waals surface area contributed by atoms with Crippen molar-refractivity contribution in [3.63, 3.8) is 0 Å². The number of hydrogen-bond acceptors (Lipinski definition) is 4. The predicted molar refractivity (Wildman–Crippen MR) is 106 cm³/mol. The molecule has 1 spiro atoms. The van der Waals surface area contributed by atoms with Gasteiger partial charge in [0.1, 0.15) is 5.75 Å². The van der Waals surface area contributed by atoms with Crippen molar-refractivity contribution in [3.05, 3.63) is 47.3 Å². The maximum Gasteiger partial charge on any atom is 0.258 e. The summed E-state index contributed by atoms with van der Waals surface area (Å²) in [7, 11) is 0. The Morgan fingerprint density at radius 3 is 2.61 bits per heavy atom. The van der Waals surface area contributed by atoms with E-state index >= 15 is 0 Å². The summed E-state index contributed by atoms with van der Waals surface area (Å²) in [5, 5.41) is 14.9. The minimum atomic E-state index is -0.117. The summed E-state index contributed by atoms with van der Waals surface area (Å²) >= 11 is 0. The number of aryl methyl sites for hydroxylation is 1. The fourth-order valence-electron chi connectivity index (χ4n) is 4.59. The van der Waals surface area contributed by atoms with Crippen LogP contribution in [0.25, 0.3) is 0 Å². The Bertz CT molecular complexity index is 870. The number of hydrogen-bond donors (Lipinski definition) is 1. The van der Waals surface area contributed by atoms with Gasteiger partial charge in [0.05, 0.1) is 23.3 Å². The van der Waals surface area contributed by atoms with Gasteiger partial charge in [-0.05, 0) is 52.2 Å². The third kappa shape index (κ3) is 3.00. The first-order valence-electron chi connectivity index (χ1n) is 9.95. The zero-order valence-corrected chi connectivity index (χ0v) is 17.1. The van der Waals surface area contributed by atoms with Crippen LogP contribution in [0.2, 0.25) is 0 Å². The Kier molecular flexibility index (Phi) is 4.49. The van der Waals surface area contributed by atoms with Crippen LogP contribution < -0.4 is 0 Å². The van der Waals surface area contributed by atoms with E-state index < -0.39 is 0 Å². The fourth-order valence-corrected chi connectivity index (χ4v) is 4.59. The van der Waals surface area contributed by atoms with Crippen LogP contribution in [0.5, 0.6) is 5.75 Å². The highest BCUT2D eigenvalue weighted by Gasteiger charge is 2.56. The molecule has 2 aliphatic heterocycles. The molecule has 2 saturated heterocycles. The minimum Gasteiger partial charge on any atom is -0.507 e. The van der Waals surface area contributed by atoms with E-state index in [9.17, 15) is 9.90 Å². The monoisotopic (exact) mass is 383 g/mol.